The Balaban J connectivity index is 2.11. The molecule has 0 radical (unpaired) electrons. The molecule has 0 spiro atoms. The smallest absolute Gasteiger partial charge is 0.270 e. The Morgan fingerprint density at radius 3 is 2.90 bits per heavy atom. The van der Waals surface area contributed by atoms with Crippen LogP contribution in [0.15, 0.2) is 29.6 Å². The number of nitrogens with zero attached hydrogens (tertiary/aromatic N) is 1. The maximum absolute atomic E-state index is 12.0. The molecule has 1 heterocycles. The number of nitrogens with one attached hydrogen (secondary N) is 1. The zero-order chi connectivity index (χ0) is 14.8. The van der Waals surface area contributed by atoms with Crippen molar-refractivity contribution in [3.8, 4) is 10.6 Å². The molecule has 0 aliphatic carbocycles. The molecule has 20 heavy (non-hydrogen) atoms. The van der Waals surface area contributed by atoms with Gasteiger partial charge in [-0.15, -0.1) is 11.3 Å². The van der Waals surface area contributed by atoms with E-state index in [4.69, 9.17) is 17.3 Å². The maximum Gasteiger partial charge on any atom is 0.270 e. The van der Waals surface area contributed by atoms with Gasteiger partial charge in [-0.2, -0.15) is 0 Å². The van der Waals surface area contributed by atoms with Crippen molar-refractivity contribution < 1.29 is 4.79 Å². The van der Waals surface area contributed by atoms with Gasteiger partial charge in [0, 0.05) is 28.0 Å². The Labute approximate surface area is 127 Å². The first-order valence-corrected chi connectivity index (χ1v) is 7.39. The fourth-order valence-electron chi connectivity index (χ4n) is 1.53. The summed E-state index contributed by atoms with van der Waals surface area (Å²) in [6.45, 7) is 4.10. The van der Waals surface area contributed by atoms with Gasteiger partial charge < -0.3 is 11.1 Å². The molecule has 2 rings (SSSR count). The first-order valence-electron chi connectivity index (χ1n) is 6.14. The minimum Gasteiger partial charge on any atom is -0.349 e. The second-order valence-electron chi connectivity index (χ2n) is 5.22. The number of nitrogens with two attached hydrogens (primary N) is 1. The molecule has 0 bridgehead atoms. The monoisotopic (exact) mass is 309 g/mol. The number of hydrogen-bond donors (Lipinski definition) is 2. The lowest BCUT2D eigenvalue weighted by Crippen LogP contribution is -2.45. The lowest BCUT2D eigenvalue weighted by atomic mass is 10.1. The van der Waals surface area contributed by atoms with Gasteiger partial charge in [-0.25, -0.2) is 4.98 Å². The molecule has 3 N–H and O–H groups in total. The van der Waals surface area contributed by atoms with Crippen molar-refractivity contribution in [1.82, 2.24) is 10.3 Å². The van der Waals surface area contributed by atoms with E-state index in [1.165, 1.54) is 11.3 Å². The van der Waals surface area contributed by atoms with Crippen LogP contribution in [0, 0.1) is 0 Å². The van der Waals surface area contributed by atoms with Crippen LogP contribution >= 0.6 is 22.9 Å². The number of hydrogen-bond acceptors (Lipinski definition) is 4. The van der Waals surface area contributed by atoms with E-state index >= 15 is 0 Å². The summed E-state index contributed by atoms with van der Waals surface area (Å²) in [6, 6.07) is 7.39. The summed E-state index contributed by atoms with van der Waals surface area (Å²) in [5.41, 5.74) is 6.69. The highest BCUT2D eigenvalue weighted by Crippen LogP contribution is 2.25. The van der Waals surface area contributed by atoms with Gasteiger partial charge in [-0.05, 0) is 26.0 Å². The number of aromatic nitrogens is 1. The van der Waals surface area contributed by atoms with E-state index in [2.05, 4.69) is 10.3 Å². The molecule has 0 atom stereocenters. The third kappa shape index (κ3) is 4.03. The van der Waals surface area contributed by atoms with Crippen LogP contribution in [-0.2, 0) is 0 Å². The molecule has 0 aliphatic rings. The van der Waals surface area contributed by atoms with E-state index in [0.717, 1.165) is 10.6 Å². The summed E-state index contributed by atoms with van der Waals surface area (Å²) < 4.78 is 0. The highest BCUT2D eigenvalue weighted by Gasteiger charge is 2.16. The summed E-state index contributed by atoms with van der Waals surface area (Å²) in [5.74, 6) is -0.215. The van der Waals surface area contributed by atoms with Crippen molar-refractivity contribution in [3.05, 3.63) is 40.4 Å². The minimum absolute atomic E-state index is 0.215. The second-order valence-corrected chi connectivity index (χ2v) is 6.51. The number of carbonyl (C=O) groups excluding carboxylic acids is 1. The summed E-state index contributed by atoms with van der Waals surface area (Å²) in [5, 5.41) is 5.92. The lowest BCUT2D eigenvalue weighted by Gasteiger charge is -2.18. The topological polar surface area (TPSA) is 68.0 Å². The lowest BCUT2D eigenvalue weighted by molar-refractivity contribution is 0.0942. The number of thiazole rings is 1. The van der Waals surface area contributed by atoms with Gasteiger partial charge in [0.25, 0.3) is 5.91 Å². The molecule has 1 amide bonds. The molecule has 1 aromatic carbocycles. The molecule has 0 aliphatic heterocycles. The predicted molar refractivity (Wildman–Crippen MR) is 83.2 cm³/mol. The van der Waals surface area contributed by atoms with E-state index in [-0.39, 0.29) is 5.91 Å². The molecule has 0 saturated carbocycles. The number of carbonyl (C=O) groups is 1. The molecular weight excluding hydrogens is 294 g/mol. The van der Waals surface area contributed by atoms with Gasteiger partial charge in [-0.1, -0.05) is 23.7 Å². The van der Waals surface area contributed by atoms with Crippen LogP contribution in [0.25, 0.3) is 10.6 Å². The Morgan fingerprint density at radius 1 is 1.50 bits per heavy atom. The minimum atomic E-state index is -0.443. The normalized spacial score (nSPS) is 11.4. The van der Waals surface area contributed by atoms with Crippen LogP contribution in [0.3, 0.4) is 0 Å². The van der Waals surface area contributed by atoms with Gasteiger partial charge in [0.2, 0.25) is 0 Å². The Morgan fingerprint density at radius 2 is 2.25 bits per heavy atom. The van der Waals surface area contributed by atoms with Crippen LogP contribution in [0.5, 0.6) is 0 Å². The molecule has 0 unspecified atom stereocenters. The maximum atomic E-state index is 12.0. The third-order valence-electron chi connectivity index (χ3n) is 2.51. The van der Waals surface area contributed by atoms with Crippen molar-refractivity contribution in [3.63, 3.8) is 0 Å². The first kappa shape index (κ1) is 15.0. The van der Waals surface area contributed by atoms with Crippen LogP contribution in [0.2, 0.25) is 5.02 Å². The van der Waals surface area contributed by atoms with E-state index < -0.39 is 5.54 Å². The summed E-state index contributed by atoms with van der Waals surface area (Å²) in [6.07, 6.45) is 0. The number of amides is 1. The Bertz CT molecular complexity index is 619. The molecule has 0 saturated heterocycles. The first-order chi connectivity index (χ1) is 9.35. The molecule has 106 valence electrons. The molecule has 0 fully saturated rings. The van der Waals surface area contributed by atoms with Crippen LogP contribution < -0.4 is 11.1 Å². The Hall–Kier alpha value is -1.43. The number of benzene rings is 1. The molecule has 1 aromatic heterocycles. The van der Waals surface area contributed by atoms with E-state index in [9.17, 15) is 4.79 Å². The van der Waals surface area contributed by atoms with Crippen molar-refractivity contribution in [2.45, 2.75) is 19.4 Å². The van der Waals surface area contributed by atoms with Crippen LogP contribution in [0.1, 0.15) is 24.3 Å². The third-order valence-corrected chi connectivity index (χ3v) is 3.64. The van der Waals surface area contributed by atoms with Crippen LogP contribution in [-0.4, -0.2) is 23.0 Å². The zero-order valence-corrected chi connectivity index (χ0v) is 12.9. The summed E-state index contributed by atoms with van der Waals surface area (Å²) >= 11 is 7.36. The quantitative estimate of drug-likeness (QED) is 0.912. The molecular formula is C14H16ClN3OS. The largest absolute Gasteiger partial charge is 0.349 e. The molecule has 6 heteroatoms. The van der Waals surface area contributed by atoms with Crippen molar-refractivity contribution in [1.29, 1.82) is 0 Å². The van der Waals surface area contributed by atoms with E-state index in [0.29, 0.717) is 17.3 Å². The highest BCUT2D eigenvalue weighted by molar-refractivity contribution is 7.13. The Kier molecular flexibility index (Phi) is 4.42. The molecule has 4 nitrogen and oxygen atoms in total. The van der Waals surface area contributed by atoms with Gasteiger partial charge in [0.1, 0.15) is 10.7 Å². The number of halogens is 1. The van der Waals surface area contributed by atoms with E-state index in [1.807, 2.05) is 32.0 Å². The van der Waals surface area contributed by atoms with Crippen LogP contribution in [0.4, 0.5) is 0 Å². The molecule has 2 aromatic rings. The van der Waals surface area contributed by atoms with Crippen molar-refractivity contribution in [2.75, 3.05) is 6.54 Å². The average molecular weight is 310 g/mol. The highest BCUT2D eigenvalue weighted by atomic mass is 35.5. The zero-order valence-electron chi connectivity index (χ0n) is 11.3. The van der Waals surface area contributed by atoms with Crippen molar-refractivity contribution in [2.24, 2.45) is 5.73 Å². The number of rotatable bonds is 4. The average Bonchev–Trinajstić information content (AvgIpc) is 2.84. The van der Waals surface area contributed by atoms with Gasteiger partial charge in [-0.3, -0.25) is 4.79 Å². The SMILES string of the molecule is CC(C)(N)CNC(=O)c1csc(-c2cccc(Cl)c2)n1. The predicted octanol–water partition coefficient (Wildman–Crippen LogP) is 2.93. The summed E-state index contributed by atoms with van der Waals surface area (Å²) in [4.78, 5) is 16.3. The second kappa shape index (κ2) is 5.91. The summed E-state index contributed by atoms with van der Waals surface area (Å²) in [7, 11) is 0. The van der Waals surface area contributed by atoms with Gasteiger partial charge >= 0.3 is 0 Å². The van der Waals surface area contributed by atoms with E-state index in [1.54, 1.807) is 11.4 Å². The van der Waals surface area contributed by atoms with Crippen molar-refractivity contribution >= 4 is 28.8 Å². The fourth-order valence-corrected chi connectivity index (χ4v) is 2.52. The van der Waals surface area contributed by atoms with Gasteiger partial charge in [0.05, 0.1) is 0 Å². The fraction of sp³-hybridized carbons (Fsp3) is 0.286. The standard InChI is InChI=1S/C14H16ClN3OS/c1-14(2,16)8-17-12(19)11-7-20-13(18-11)9-4-3-5-10(15)6-9/h3-7H,8,16H2,1-2H3,(H,17,19). The van der Waals surface area contributed by atoms with Gasteiger partial charge in [0.15, 0.2) is 0 Å².